The first-order valence-corrected chi connectivity index (χ1v) is 4.37. The van der Waals surface area contributed by atoms with E-state index in [4.69, 9.17) is 14.5 Å². The summed E-state index contributed by atoms with van der Waals surface area (Å²) < 4.78 is 18.8. The minimum atomic E-state index is -4.29. The smallest absolute Gasteiger partial charge is 1.00 e. The normalized spacial score (nSPS) is 9.92. The molecule has 12 heavy (non-hydrogen) atoms. The van der Waals surface area contributed by atoms with E-state index in [-0.39, 0.29) is 44.5 Å². The first-order valence-electron chi connectivity index (χ1n) is 2.84. The summed E-state index contributed by atoms with van der Waals surface area (Å²) in [5.41, 5.74) is 0. The van der Waals surface area contributed by atoms with Crippen LogP contribution in [0.2, 0.25) is 0 Å². The van der Waals surface area contributed by atoms with Crippen LogP contribution < -0.4 is 31.3 Å². The van der Waals surface area contributed by atoms with E-state index < -0.39 is 7.82 Å². The van der Waals surface area contributed by atoms with E-state index in [1.807, 2.05) is 0 Å². The molecule has 0 aliphatic heterocycles. The summed E-state index contributed by atoms with van der Waals surface area (Å²) in [6.07, 6.45) is 0. The molecule has 0 aliphatic carbocycles. The molecule has 0 aromatic carbocycles. The molecule has 5 nitrogen and oxygen atoms in total. The molecule has 0 saturated carbocycles. The summed E-state index contributed by atoms with van der Waals surface area (Å²) >= 11 is 0. The Kier molecular flexibility index (Phi) is 15.6. The van der Waals surface area contributed by atoms with E-state index in [2.05, 4.69) is 4.52 Å². The Balaban J connectivity index is -0.000000405. The molecule has 0 radical (unpaired) electrons. The zero-order valence-electron chi connectivity index (χ0n) is 7.07. The third-order valence-corrected chi connectivity index (χ3v) is 1.21. The van der Waals surface area contributed by atoms with Crippen LogP contribution in [-0.2, 0) is 13.8 Å². The molecule has 0 unspecified atom stereocenters. The van der Waals surface area contributed by atoms with Crippen LogP contribution in [0.3, 0.4) is 0 Å². The van der Waals surface area contributed by atoms with Gasteiger partial charge in [0.2, 0.25) is 0 Å². The van der Waals surface area contributed by atoms with Crippen LogP contribution in [0.4, 0.5) is 0 Å². The van der Waals surface area contributed by atoms with E-state index in [1.54, 1.807) is 6.92 Å². The monoisotopic (exact) mass is 212 g/mol. The zero-order valence-corrected chi connectivity index (χ0v) is 8.72. The van der Waals surface area contributed by atoms with Gasteiger partial charge in [-0.3, -0.25) is 4.52 Å². The van der Waals surface area contributed by atoms with Crippen molar-refractivity contribution in [1.29, 1.82) is 0 Å². The van der Waals surface area contributed by atoms with Crippen LogP contribution in [0.5, 0.6) is 0 Å². The molecule has 0 rings (SSSR count). The van der Waals surface area contributed by atoms with Crippen LogP contribution in [0.15, 0.2) is 0 Å². The predicted octanol–water partition coefficient (Wildman–Crippen LogP) is -5.86. The zero-order chi connectivity index (χ0) is 8.04. The molecular weight excluding hydrogens is 201 g/mol. The van der Waals surface area contributed by atoms with Gasteiger partial charge in [0, 0.05) is 6.61 Å². The van der Waals surface area contributed by atoms with Gasteiger partial charge in [0.25, 0.3) is 0 Å². The first kappa shape index (κ1) is 18.7. The average Bonchev–Trinajstić information content (AvgIpc) is 1.78. The van der Waals surface area contributed by atoms with Gasteiger partial charge in [-0.05, 0) is 6.92 Å². The molecule has 0 aliphatic rings. The van der Waals surface area contributed by atoms with Crippen molar-refractivity contribution in [3.8, 4) is 0 Å². The number of phosphoric acid groups is 1. The fraction of sp³-hybridized carbons (Fsp3) is 1.00. The SMILES string of the molecule is CCOCCOP(=O)(O)O.[Cl-].[Li+]. The molecular formula is C4H11ClLiO5P. The largest absolute Gasteiger partial charge is 1.00 e. The van der Waals surface area contributed by atoms with Crippen LogP contribution in [0.25, 0.3) is 0 Å². The second kappa shape index (κ2) is 10.0. The molecule has 0 spiro atoms. The summed E-state index contributed by atoms with van der Waals surface area (Å²) in [5, 5.41) is 0. The van der Waals surface area contributed by atoms with Gasteiger partial charge in [-0.2, -0.15) is 0 Å². The fourth-order valence-electron chi connectivity index (χ4n) is 0.359. The standard InChI is InChI=1S/C4H11O5P.ClH.Li/c1-2-8-3-4-9-10(5,6)7;;/h2-4H2,1H3,(H2,5,6,7);1H;/q;;+1/p-1. The van der Waals surface area contributed by atoms with Crippen molar-refractivity contribution in [3.05, 3.63) is 0 Å². The maximum atomic E-state index is 10.0. The van der Waals surface area contributed by atoms with Gasteiger partial charge in [-0.25, -0.2) is 4.57 Å². The summed E-state index contributed by atoms with van der Waals surface area (Å²) in [5.74, 6) is 0. The maximum Gasteiger partial charge on any atom is 1.00 e. The van der Waals surface area contributed by atoms with Crippen LogP contribution in [0, 0.1) is 0 Å². The first-order chi connectivity index (χ1) is 4.56. The van der Waals surface area contributed by atoms with Crippen molar-refractivity contribution >= 4 is 7.82 Å². The van der Waals surface area contributed by atoms with Gasteiger partial charge < -0.3 is 26.9 Å². The second-order valence-corrected chi connectivity index (χ2v) is 2.76. The Labute approximate surface area is 89.6 Å². The van der Waals surface area contributed by atoms with Crippen molar-refractivity contribution < 1.29 is 54.9 Å². The predicted molar refractivity (Wildman–Crippen MR) is 34.5 cm³/mol. The molecule has 0 amide bonds. The van der Waals surface area contributed by atoms with Crippen molar-refractivity contribution in [2.45, 2.75) is 6.92 Å². The third kappa shape index (κ3) is 17.2. The summed E-state index contributed by atoms with van der Waals surface area (Å²) in [7, 11) is -4.29. The number of ether oxygens (including phenoxy) is 1. The van der Waals surface area contributed by atoms with Gasteiger partial charge >= 0.3 is 26.7 Å². The van der Waals surface area contributed by atoms with Crippen LogP contribution >= 0.6 is 7.82 Å². The van der Waals surface area contributed by atoms with Crippen molar-refractivity contribution in [3.63, 3.8) is 0 Å². The van der Waals surface area contributed by atoms with Gasteiger partial charge in [-0.15, -0.1) is 0 Å². The molecule has 2 N–H and O–H groups in total. The Bertz CT molecular complexity index is 129. The molecule has 0 aromatic rings. The minimum Gasteiger partial charge on any atom is -1.00 e. The van der Waals surface area contributed by atoms with Gasteiger partial charge in [0.15, 0.2) is 0 Å². The second-order valence-electron chi connectivity index (χ2n) is 1.52. The molecule has 0 saturated heterocycles. The molecule has 70 valence electrons. The molecule has 0 aromatic heterocycles. The Morgan fingerprint density at radius 2 is 1.83 bits per heavy atom. The summed E-state index contributed by atoms with van der Waals surface area (Å²) in [6, 6.07) is 0. The van der Waals surface area contributed by atoms with Gasteiger partial charge in [-0.1, -0.05) is 0 Å². The van der Waals surface area contributed by atoms with Gasteiger partial charge in [0.1, 0.15) is 0 Å². The number of hydrogen-bond acceptors (Lipinski definition) is 3. The van der Waals surface area contributed by atoms with E-state index >= 15 is 0 Å². The Morgan fingerprint density at radius 3 is 2.17 bits per heavy atom. The van der Waals surface area contributed by atoms with E-state index in [9.17, 15) is 4.57 Å². The van der Waals surface area contributed by atoms with Crippen LogP contribution in [0.1, 0.15) is 6.92 Å². The molecule has 0 atom stereocenters. The van der Waals surface area contributed by atoms with Crippen molar-refractivity contribution in [2.24, 2.45) is 0 Å². The summed E-state index contributed by atoms with van der Waals surface area (Å²) in [4.78, 5) is 16.3. The number of rotatable bonds is 5. The van der Waals surface area contributed by atoms with Crippen LogP contribution in [-0.4, -0.2) is 29.6 Å². The quantitative estimate of drug-likeness (QED) is 0.270. The fourth-order valence-corrected chi connectivity index (χ4v) is 0.672. The van der Waals surface area contributed by atoms with Crippen molar-refractivity contribution in [2.75, 3.05) is 19.8 Å². The average molecular weight is 212 g/mol. The van der Waals surface area contributed by atoms with E-state index in [0.717, 1.165) is 0 Å². The molecule has 0 heterocycles. The molecule has 8 heteroatoms. The third-order valence-electron chi connectivity index (χ3n) is 0.691. The maximum absolute atomic E-state index is 10.0. The number of halogens is 1. The molecule has 0 bridgehead atoms. The Hall–Kier alpha value is 0.957. The van der Waals surface area contributed by atoms with Crippen molar-refractivity contribution in [1.82, 2.24) is 0 Å². The summed E-state index contributed by atoms with van der Waals surface area (Å²) in [6.45, 7) is 2.45. The van der Waals surface area contributed by atoms with Gasteiger partial charge in [0.05, 0.1) is 13.2 Å². The number of phosphoric ester groups is 1. The topological polar surface area (TPSA) is 76.0 Å². The number of hydrogen-bond donors (Lipinski definition) is 2. The van der Waals surface area contributed by atoms with E-state index in [0.29, 0.717) is 6.61 Å². The molecule has 0 fully saturated rings. The minimum absolute atomic E-state index is 0. The van der Waals surface area contributed by atoms with E-state index in [1.165, 1.54) is 0 Å². The Morgan fingerprint density at radius 1 is 1.33 bits per heavy atom.